The van der Waals surface area contributed by atoms with Gasteiger partial charge in [0.25, 0.3) is 0 Å². The highest BCUT2D eigenvalue weighted by molar-refractivity contribution is 7.09. The Morgan fingerprint density at radius 1 is 1.59 bits per heavy atom. The quantitative estimate of drug-likeness (QED) is 0.749. The molecule has 1 rings (SSSR count). The minimum absolute atomic E-state index is 0.134. The Bertz CT molecular complexity index is 418. The molecule has 1 atom stereocenters. The Kier molecular flexibility index (Phi) is 4.59. The molecule has 0 radical (unpaired) electrons. The first-order chi connectivity index (χ1) is 7.91. The number of aromatic nitrogens is 1. The third kappa shape index (κ3) is 3.79. The maximum absolute atomic E-state index is 11.8. The van der Waals surface area contributed by atoms with Crippen molar-refractivity contribution < 1.29 is 9.59 Å². The molecule has 1 heterocycles. The number of aryl methyl sites for hydroxylation is 1. The molecule has 0 saturated heterocycles. The number of primary amides is 1. The number of hydrogen-bond acceptors (Lipinski definition) is 5. The number of hydrogen-bond donors (Lipinski definition) is 2. The molecule has 6 nitrogen and oxygen atoms in total. The van der Waals surface area contributed by atoms with Crippen LogP contribution in [-0.4, -0.2) is 34.8 Å². The number of amides is 2. The fraction of sp³-hybridized carbons (Fsp3) is 0.500. The molecule has 0 aliphatic heterocycles. The first-order valence-corrected chi connectivity index (χ1v) is 5.97. The van der Waals surface area contributed by atoms with E-state index in [0.29, 0.717) is 6.54 Å². The molecule has 2 amide bonds. The van der Waals surface area contributed by atoms with E-state index in [9.17, 15) is 9.59 Å². The summed E-state index contributed by atoms with van der Waals surface area (Å²) in [6, 6.07) is -0.870. The number of nitrogens with two attached hydrogens (primary N) is 2. The summed E-state index contributed by atoms with van der Waals surface area (Å²) < 4.78 is 0. The van der Waals surface area contributed by atoms with Gasteiger partial charge in [-0.1, -0.05) is 0 Å². The molecule has 1 aromatic heterocycles. The van der Waals surface area contributed by atoms with Crippen LogP contribution in [0.5, 0.6) is 0 Å². The highest BCUT2D eigenvalue weighted by atomic mass is 32.1. The molecule has 1 unspecified atom stereocenters. The fourth-order valence-corrected chi connectivity index (χ4v) is 2.19. The van der Waals surface area contributed by atoms with Crippen LogP contribution in [0.3, 0.4) is 0 Å². The van der Waals surface area contributed by atoms with Crippen LogP contribution in [0.15, 0.2) is 5.51 Å². The molecule has 0 bridgehead atoms. The third-order valence-electron chi connectivity index (χ3n) is 2.34. The Hall–Kier alpha value is -1.47. The van der Waals surface area contributed by atoms with E-state index >= 15 is 0 Å². The van der Waals surface area contributed by atoms with E-state index in [2.05, 4.69) is 4.98 Å². The monoisotopic (exact) mass is 256 g/mol. The molecule has 0 saturated carbocycles. The molecule has 0 aliphatic rings. The van der Waals surface area contributed by atoms with Gasteiger partial charge in [0.05, 0.1) is 30.2 Å². The van der Waals surface area contributed by atoms with Gasteiger partial charge in [0, 0.05) is 11.9 Å². The topological polar surface area (TPSA) is 102 Å². The van der Waals surface area contributed by atoms with Gasteiger partial charge >= 0.3 is 0 Å². The summed E-state index contributed by atoms with van der Waals surface area (Å²) in [5.74, 6) is -0.871. The summed E-state index contributed by atoms with van der Waals surface area (Å²) in [4.78, 5) is 29.0. The molecule has 0 aliphatic carbocycles. The Balaban J connectivity index is 2.58. The van der Waals surface area contributed by atoms with Crippen molar-refractivity contribution >= 4 is 23.2 Å². The van der Waals surface area contributed by atoms with Gasteiger partial charge in [0.15, 0.2) is 0 Å². The molecule has 4 N–H and O–H groups in total. The van der Waals surface area contributed by atoms with Crippen LogP contribution in [0.1, 0.15) is 17.0 Å². The van der Waals surface area contributed by atoms with E-state index in [1.807, 2.05) is 6.92 Å². The summed E-state index contributed by atoms with van der Waals surface area (Å²) in [6.45, 7) is 2.33. The zero-order valence-corrected chi connectivity index (χ0v) is 10.7. The average molecular weight is 256 g/mol. The van der Waals surface area contributed by atoms with Crippen LogP contribution in [0.25, 0.3) is 0 Å². The standard InChI is InChI=1S/C10H16N4O2S/c1-6-8(17-5-13-6)4-14(2)10(16)7(11)3-9(12)15/h5,7H,3-4,11H2,1-2H3,(H2,12,15). The number of rotatable bonds is 5. The van der Waals surface area contributed by atoms with E-state index in [-0.39, 0.29) is 12.3 Å². The lowest BCUT2D eigenvalue weighted by atomic mass is 10.2. The van der Waals surface area contributed by atoms with Crippen molar-refractivity contribution in [3.8, 4) is 0 Å². The third-order valence-corrected chi connectivity index (χ3v) is 3.26. The van der Waals surface area contributed by atoms with Gasteiger partial charge in [0.2, 0.25) is 11.8 Å². The van der Waals surface area contributed by atoms with Crippen molar-refractivity contribution in [3.05, 3.63) is 16.1 Å². The number of thiazole rings is 1. The lowest BCUT2D eigenvalue weighted by molar-refractivity contribution is -0.133. The number of carbonyl (C=O) groups excluding carboxylic acids is 2. The van der Waals surface area contributed by atoms with E-state index in [1.54, 1.807) is 12.6 Å². The van der Waals surface area contributed by atoms with Gasteiger partial charge in [-0.3, -0.25) is 9.59 Å². The van der Waals surface area contributed by atoms with Crippen LogP contribution in [0, 0.1) is 6.92 Å². The predicted octanol–water partition coefficient (Wildman–Crippen LogP) is -0.387. The largest absolute Gasteiger partial charge is 0.370 e. The summed E-state index contributed by atoms with van der Waals surface area (Å²) in [5.41, 5.74) is 13.2. The van der Waals surface area contributed by atoms with Crippen molar-refractivity contribution in [2.24, 2.45) is 11.5 Å². The molecule has 0 fully saturated rings. The molecule has 7 heteroatoms. The van der Waals surface area contributed by atoms with Crippen molar-refractivity contribution in [1.29, 1.82) is 0 Å². The van der Waals surface area contributed by atoms with Crippen molar-refractivity contribution in [2.75, 3.05) is 7.05 Å². The van der Waals surface area contributed by atoms with E-state index in [1.165, 1.54) is 16.2 Å². The number of carbonyl (C=O) groups is 2. The average Bonchev–Trinajstić information content (AvgIpc) is 2.62. The van der Waals surface area contributed by atoms with Crippen LogP contribution in [0.2, 0.25) is 0 Å². The van der Waals surface area contributed by atoms with Gasteiger partial charge in [-0.05, 0) is 6.92 Å². The lowest BCUT2D eigenvalue weighted by Crippen LogP contribution is -2.43. The molecule has 17 heavy (non-hydrogen) atoms. The van der Waals surface area contributed by atoms with Crippen LogP contribution < -0.4 is 11.5 Å². The molecule has 94 valence electrons. The van der Waals surface area contributed by atoms with Gasteiger partial charge in [0.1, 0.15) is 0 Å². The fourth-order valence-electron chi connectivity index (χ4n) is 1.36. The van der Waals surface area contributed by atoms with Gasteiger partial charge in [-0.15, -0.1) is 11.3 Å². The lowest BCUT2D eigenvalue weighted by Gasteiger charge is -2.20. The van der Waals surface area contributed by atoms with Gasteiger partial charge in [-0.25, -0.2) is 4.98 Å². The van der Waals surface area contributed by atoms with Crippen LogP contribution in [0.4, 0.5) is 0 Å². The molecule has 1 aromatic rings. The smallest absolute Gasteiger partial charge is 0.240 e. The second kappa shape index (κ2) is 5.74. The summed E-state index contributed by atoms with van der Waals surface area (Å²) in [5, 5.41) is 0. The van der Waals surface area contributed by atoms with Gasteiger partial charge in [-0.2, -0.15) is 0 Å². The minimum atomic E-state index is -0.870. The second-order valence-corrected chi connectivity index (χ2v) is 4.77. The van der Waals surface area contributed by atoms with Gasteiger partial charge < -0.3 is 16.4 Å². The summed E-state index contributed by atoms with van der Waals surface area (Å²) >= 11 is 1.48. The normalized spacial score (nSPS) is 12.2. The number of likely N-dealkylation sites (N-methyl/N-ethyl adjacent to an activating group) is 1. The van der Waals surface area contributed by atoms with Crippen LogP contribution in [-0.2, 0) is 16.1 Å². The van der Waals surface area contributed by atoms with Crippen molar-refractivity contribution in [2.45, 2.75) is 25.9 Å². The van der Waals surface area contributed by atoms with E-state index < -0.39 is 11.9 Å². The SMILES string of the molecule is Cc1ncsc1CN(C)C(=O)C(N)CC(N)=O. The summed E-state index contributed by atoms with van der Waals surface area (Å²) in [6.07, 6.45) is -0.134. The first kappa shape index (κ1) is 13.6. The minimum Gasteiger partial charge on any atom is -0.370 e. The predicted molar refractivity (Wildman–Crippen MR) is 65.1 cm³/mol. The zero-order chi connectivity index (χ0) is 13.0. The second-order valence-electron chi connectivity index (χ2n) is 3.83. The Morgan fingerprint density at radius 3 is 2.71 bits per heavy atom. The molecular weight excluding hydrogens is 240 g/mol. The summed E-state index contributed by atoms with van der Waals surface area (Å²) in [7, 11) is 1.64. The maximum Gasteiger partial charge on any atom is 0.240 e. The highest BCUT2D eigenvalue weighted by Crippen LogP contribution is 2.14. The van der Waals surface area contributed by atoms with Crippen LogP contribution >= 0.6 is 11.3 Å². The first-order valence-electron chi connectivity index (χ1n) is 5.09. The number of nitrogens with zero attached hydrogens (tertiary/aromatic N) is 2. The molecule has 0 aromatic carbocycles. The highest BCUT2D eigenvalue weighted by Gasteiger charge is 2.20. The van der Waals surface area contributed by atoms with Crippen molar-refractivity contribution in [3.63, 3.8) is 0 Å². The zero-order valence-electron chi connectivity index (χ0n) is 9.84. The Labute approximate surface area is 104 Å². The maximum atomic E-state index is 11.8. The van der Waals surface area contributed by atoms with Crippen molar-refractivity contribution in [1.82, 2.24) is 9.88 Å². The Morgan fingerprint density at radius 2 is 2.24 bits per heavy atom. The molecule has 0 spiro atoms. The van der Waals surface area contributed by atoms with E-state index in [0.717, 1.165) is 10.6 Å². The molecular formula is C10H16N4O2S. The van der Waals surface area contributed by atoms with E-state index in [4.69, 9.17) is 11.5 Å².